The maximum Gasteiger partial charge on any atom is 0.323 e. The van der Waals surface area contributed by atoms with Crippen LogP contribution in [0.3, 0.4) is 0 Å². The number of carboxylic acid groups (broad SMARTS) is 1. The van der Waals surface area contributed by atoms with Gasteiger partial charge in [0, 0.05) is 12.1 Å². The van der Waals surface area contributed by atoms with E-state index in [1.165, 1.54) is 17.0 Å². The zero-order valence-corrected chi connectivity index (χ0v) is 17.0. The Balaban J connectivity index is 1.72. The van der Waals surface area contributed by atoms with Crippen LogP contribution in [0.5, 0.6) is 11.5 Å². The molecule has 0 aromatic heterocycles. The van der Waals surface area contributed by atoms with Gasteiger partial charge in [-0.25, -0.2) is 4.39 Å². The normalized spacial score (nSPS) is 10.4. The Morgan fingerprint density at radius 2 is 1.61 bits per heavy atom. The van der Waals surface area contributed by atoms with Crippen LogP contribution in [0.1, 0.15) is 21.5 Å². The highest BCUT2D eigenvalue weighted by atomic mass is 19.1. The molecule has 0 aliphatic heterocycles. The van der Waals surface area contributed by atoms with Gasteiger partial charge in [-0.2, -0.15) is 0 Å². The highest BCUT2D eigenvalue weighted by molar-refractivity contribution is 5.96. The van der Waals surface area contributed by atoms with Gasteiger partial charge in [0.1, 0.15) is 30.5 Å². The molecule has 0 saturated carbocycles. The van der Waals surface area contributed by atoms with Gasteiger partial charge in [-0.3, -0.25) is 9.59 Å². The van der Waals surface area contributed by atoms with Crippen LogP contribution in [0.15, 0.2) is 72.8 Å². The van der Waals surface area contributed by atoms with E-state index in [1.54, 1.807) is 67.8 Å². The Morgan fingerprint density at radius 3 is 2.26 bits per heavy atom. The molecule has 0 spiro atoms. The van der Waals surface area contributed by atoms with Crippen LogP contribution in [-0.4, -0.2) is 35.5 Å². The third-order valence-electron chi connectivity index (χ3n) is 4.55. The number of benzene rings is 3. The van der Waals surface area contributed by atoms with E-state index in [0.29, 0.717) is 17.1 Å². The van der Waals surface area contributed by atoms with Gasteiger partial charge < -0.3 is 19.5 Å². The van der Waals surface area contributed by atoms with Crippen LogP contribution in [-0.2, 0) is 17.9 Å². The molecule has 0 atom stereocenters. The van der Waals surface area contributed by atoms with Crippen LogP contribution in [0.25, 0.3) is 0 Å². The van der Waals surface area contributed by atoms with Crippen molar-refractivity contribution < 1.29 is 28.6 Å². The topological polar surface area (TPSA) is 76.1 Å². The van der Waals surface area contributed by atoms with Crippen molar-refractivity contribution in [1.82, 2.24) is 4.90 Å². The largest absolute Gasteiger partial charge is 0.497 e. The van der Waals surface area contributed by atoms with Gasteiger partial charge in [-0.15, -0.1) is 0 Å². The zero-order chi connectivity index (χ0) is 22.2. The molecular weight excluding hydrogens is 401 g/mol. The Hall–Kier alpha value is -3.87. The molecule has 6 nitrogen and oxygen atoms in total. The number of rotatable bonds is 9. The number of amides is 1. The molecular formula is C24H22FNO5. The SMILES string of the molecule is COc1ccc(CN(CC(=O)O)C(=O)c2cccc(OCc3ccc(F)cc3)c2)cc1. The lowest BCUT2D eigenvalue weighted by Gasteiger charge is -2.21. The molecule has 3 aromatic rings. The van der Waals surface area contributed by atoms with Gasteiger partial charge in [-0.05, 0) is 53.6 Å². The average molecular weight is 423 g/mol. The first-order valence-corrected chi connectivity index (χ1v) is 9.56. The molecule has 0 saturated heterocycles. The van der Waals surface area contributed by atoms with Gasteiger partial charge >= 0.3 is 5.97 Å². The van der Waals surface area contributed by atoms with Crippen LogP contribution in [0, 0.1) is 5.82 Å². The number of nitrogens with zero attached hydrogens (tertiary/aromatic N) is 1. The van der Waals surface area contributed by atoms with Gasteiger partial charge in [0.25, 0.3) is 5.91 Å². The fourth-order valence-electron chi connectivity index (χ4n) is 2.96. The summed E-state index contributed by atoms with van der Waals surface area (Å²) in [5.74, 6) is -0.733. The Morgan fingerprint density at radius 1 is 0.935 bits per heavy atom. The quantitative estimate of drug-likeness (QED) is 0.560. The molecule has 0 fully saturated rings. The molecule has 0 aliphatic carbocycles. The van der Waals surface area contributed by atoms with Gasteiger partial charge in [0.2, 0.25) is 0 Å². The summed E-state index contributed by atoms with van der Waals surface area (Å²) in [4.78, 5) is 25.6. The Bertz CT molecular complexity index is 1030. The third kappa shape index (κ3) is 6.30. The summed E-state index contributed by atoms with van der Waals surface area (Å²) in [7, 11) is 1.56. The summed E-state index contributed by atoms with van der Waals surface area (Å²) < 4.78 is 23.8. The highest BCUT2D eigenvalue weighted by Crippen LogP contribution is 2.19. The first-order chi connectivity index (χ1) is 14.9. The van der Waals surface area contributed by atoms with E-state index < -0.39 is 18.4 Å². The summed E-state index contributed by atoms with van der Waals surface area (Å²) >= 11 is 0. The fraction of sp³-hybridized carbons (Fsp3) is 0.167. The maximum absolute atomic E-state index is 13.0. The lowest BCUT2D eigenvalue weighted by atomic mass is 10.1. The number of halogens is 1. The maximum atomic E-state index is 13.0. The van der Waals surface area contributed by atoms with Crippen molar-refractivity contribution in [3.63, 3.8) is 0 Å². The minimum Gasteiger partial charge on any atom is -0.497 e. The Kier molecular flexibility index (Phi) is 7.22. The summed E-state index contributed by atoms with van der Waals surface area (Å²) in [6.07, 6.45) is 0. The molecule has 0 bridgehead atoms. The van der Waals surface area contributed by atoms with E-state index in [0.717, 1.165) is 11.1 Å². The fourth-order valence-corrected chi connectivity index (χ4v) is 2.96. The van der Waals surface area contributed by atoms with Crippen molar-refractivity contribution >= 4 is 11.9 Å². The van der Waals surface area contributed by atoms with Gasteiger partial charge in [0.05, 0.1) is 7.11 Å². The van der Waals surface area contributed by atoms with Crippen LogP contribution >= 0.6 is 0 Å². The predicted octanol–water partition coefficient (Wildman–Crippen LogP) is 4.14. The standard InChI is InChI=1S/C24H22FNO5/c1-30-21-11-7-17(8-12-21)14-26(15-23(27)28)24(29)19-3-2-4-22(13-19)31-16-18-5-9-20(25)10-6-18/h2-13H,14-16H2,1H3,(H,27,28). The number of aliphatic carboxylic acids is 1. The molecule has 0 radical (unpaired) electrons. The lowest BCUT2D eigenvalue weighted by Crippen LogP contribution is -2.35. The molecule has 0 heterocycles. The molecule has 31 heavy (non-hydrogen) atoms. The van der Waals surface area contributed by atoms with E-state index in [9.17, 15) is 19.1 Å². The second kappa shape index (κ2) is 10.2. The van der Waals surface area contributed by atoms with Crippen LogP contribution in [0.2, 0.25) is 0 Å². The van der Waals surface area contributed by atoms with Crippen molar-refractivity contribution in [2.24, 2.45) is 0 Å². The smallest absolute Gasteiger partial charge is 0.323 e. The zero-order valence-electron chi connectivity index (χ0n) is 17.0. The van der Waals surface area contributed by atoms with E-state index in [-0.39, 0.29) is 19.0 Å². The van der Waals surface area contributed by atoms with Crippen molar-refractivity contribution in [3.8, 4) is 11.5 Å². The van der Waals surface area contributed by atoms with E-state index >= 15 is 0 Å². The monoisotopic (exact) mass is 423 g/mol. The number of hydrogen-bond donors (Lipinski definition) is 1. The number of carbonyl (C=O) groups excluding carboxylic acids is 1. The second-order valence-corrected chi connectivity index (χ2v) is 6.85. The van der Waals surface area contributed by atoms with E-state index in [1.807, 2.05) is 0 Å². The van der Waals surface area contributed by atoms with E-state index in [2.05, 4.69) is 0 Å². The van der Waals surface area contributed by atoms with Crippen molar-refractivity contribution in [3.05, 3.63) is 95.3 Å². The first kappa shape index (κ1) is 21.8. The number of ether oxygens (including phenoxy) is 2. The van der Waals surface area contributed by atoms with Crippen molar-refractivity contribution in [1.29, 1.82) is 0 Å². The summed E-state index contributed by atoms with van der Waals surface area (Å²) in [5, 5.41) is 9.26. The van der Waals surface area contributed by atoms with E-state index in [4.69, 9.17) is 9.47 Å². The van der Waals surface area contributed by atoms with Gasteiger partial charge in [0.15, 0.2) is 0 Å². The molecule has 1 amide bonds. The Labute approximate surface area is 179 Å². The highest BCUT2D eigenvalue weighted by Gasteiger charge is 2.19. The minimum absolute atomic E-state index is 0.135. The molecule has 3 rings (SSSR count). The molecule has 1 N–H and O–H groups in total. The number of methoxy groups -OCH3 is 1. The molecule has 3 aromatic carbocycles. The summed E-state index contributed by atoms with van der Waals surface area (Å²) in [6.45, 7) is -0.0933. The molecule has 0 aliphatic rings. The predicted molar refractivity (Wildman–Crippen MR) is 113 cm³/mol. The number of hydrogen-bond acceptors (Lipinski definition) is 4. The second-order valence-electron chi connectivity index (χ2n) is 6.85. The average Bonchev–Trinajstić information content (AvgIpc) is 2.78. The third-order valence-corrected chi connectivity index (χ3v) is 4.55. The van der Waals surface area contributed by atoms with Crippen LogP contribution in [0.4, 0.5) is 4.39 Å². The molecule has 7 heteroatoms. The van der Waals surface area contributed by atoms with Crippen LogP contribution < -0.4 is 9.47 Å². The van der Waals surface area contributed by atoms with Crippen molar-refractivity contribution in [2.45, 2.75) is 13.2 Å². The first-order valence-electron chi connectivity index (χ1n) is 9.56. The van der Waals surface area contributed by atoms with Gasteiger partial charge in [-0.1, -0.05) is 30.3 Å². The number of carbonyl (C=O) groups is 2. The molecule has 0 unspecified atom stereocenters. The number of carboxylic acids is 1. The summed E-state index contributed by atoms with van der Waals surface area (Å²) in [6, 6.07) is 19.5. The molecule has 160 valence electrons. The minimum atomic E-state index is -1.11. The lowest BCUT2D eigenvalue weighted by molar-refractivity contribution is -0.137. The summed E-state index contributed by atoms with van der Waals surface area (Å²) in [5.41, 5.74) is 1.87. The van der Waals surface area contributed by atoms with Crippen molar-refractivity contribution in [2.75, 3.05) is 13.7 Å².